The van der Waals surface area contributed by atoms with Crippen molar-refractivity contribution in [2.24, 2.45) is 0 Å². The van der Waals surface area contributed by atoms with E-state index in [9.17, 15) is 9.18 Å². The van der Waals surface area contributed by atoms with E-state index in [0.29, 0.717) is 25.5 Å². The van der Waals surface area contributed by atoms with Crippen molar-refractivity contribution in [3.63, 3.8) is 0 Å². The summed E-state index contributed by atoms with van der Waals surface area (Å²) in [5, 5.41) is 0. The first kappa shape index (κ1) is 17.7. The minimum atomic E-state index is -0.259. The van der Waals surface area contributed by atoms with Crippen LogP contribution in [-0.4, -0.2) is 65.0 Å². The van der Waals surface area contributed by atoms with Crippen molar-refractivity contribution in [1.82, 2.24) is 19.7 Å². The van der Waals surface area contributed by atoms with Gasteiger partial charge in [-0.25, -0.2) is 14.2 Å². The standard InChI is InChI=1S/C20H23FN4O2/c1-27-19-4-2-3-17(22-19)12-23-9-10-25-18(13-23)14-24(20(25)26)11-15-5-7-16(21)8-6-15/h2-8,18H,9-14H2,1H3. The highest BCUT2D eigenvalue weighted by Gasteiger charge is 2.40. The van der Waals surface area contributed by atoms with E-state index in [1.165, 1.54) is 12.1 Å². The zero-order chi connectivity index (χ0) is 18.8. The number of halogens is 1. The summed E-state index contributed by atoms with van der Waals surface area (Å²) in [7, 11) is 1.62. The van der Waals surface area contributed by atoms with Crippen LogP contribution in [0.15, 0.2) is 42.5 Å². The third-order valence-corrected chi connectivity index (χ3v) is 5.18. The van der Waals surface area contributed by atoms with E-state index in [1.54, 1.807) is 19.2 Å². The van der Waals surface area contributed by atoms with E-state index in [1.807, 2.05) is 28.0 Å². The molecule has 6 nitrogen and oxygen atoms in total. The maximum absolute atomic E-state index is 13.1. The molecule has 1 aromatic carbocycles. The number of fused-ring (bicyclic) bond motifs is 1. The van der Waals surface area contributed by atoms with E-state index < -0.39 is 0 Å². The van der Waals surface area contributed by atoms with Gasteiger partial charge in [-0.1, -0.05) is 18.2 Å². The highest BCUT2D eigenvalue weighted by atomic mass is 19.1. The summed E-state index contributed by atoms with van der Waals surface area (Å²) in [5.41, 5.74) is 1.91. The molecule has 2 fully saturated rings. The third kappa shape index (κ3) is 3.88. The molecule has 2 amide bonds. The van der Waals surface area contributed by atoms with Crippen LogP contribution in [0.25, 0.3) is 0 Å². The number of rotatable bonds is 5. The Kier molecular flexibility index (Phi) is 4.94. The molecule has 1 aromatic heterocycles. The van der Waals surface area contributed by atoms with Gasteiger partial charge in [-0.3, -0.25) is 4.90 Å². The topological polar surface area (TPSA) is 48.9 Å². The second-order valence-corrected chi connectivity index (χ2v) is 7.04. The Hall–Kier alpha value is -2.67. The number of carbonyl (C=O) groups excluding carboxylic acids is 1. The minimum absolute atomic E-state index is 0.0727. The zero-order valence-electron chi connectivity index (χ0n) is 15.3. The highest BCUT2D eigenvalue weighted by Crippen LogP contribution is 2.23. The molecule has 1 unspecified atom stereocenters. The van der Waals surface area contributed by atoms with E-state index in [0.717, 1.165) is 30.9 Å². The Morgan fingerprint density at radius 1 is 1.11 bits per heavy atom. The SMILES string of the molecule is COc1cccc(CN2CCN3C(=O)N(Cc4ccc(F)cc4)CC3C2)n1. The Morgan fingerprint density at radius 3 is 2.70 bits per heavy atom. The Balaban J connectivity index is 1.38. The summed E-state index contributed by atoms with van der Waals surface area (Å²) in [6, 6.07) is 12.4. The van der Waals surface area contributed by atoms with Gasteiger partial charge in [0, 0.05) is 45.3 Å². The number of carbonyl (C=O) groups is 1. The molecular formula is C20H23FN4O2. The molecular weight excluding hydrogens is 347 g/mol. The van der Waals surface area contributed by atoms with E-state index in [2.05, 4.69) is 9.88 Å². The molecule has 2 aromatic rings. The lowest BCUT2D eigenvalue weighted by Gasteiger charge is -2.36. The van der Waals surface area contributed by atoms with Crippen molar-refractivity contribution in [2.75, 3.05) is 33.3 Å². The zero-order valence-corrected chi connectivity index (χ0v) is 15.3. The molecule has 142 valence electrons. The van der Waals surface area contributed by atoms with Crippen molar-refractivity contribution in [1.29, 1.82) is 0 Å². The number of amides is 2. The van der Waals surface area contributed by atoms with Crippen molar-refractivity contribution in [2.45, 2.75) is 19.1 Å². The molecule has 2 saturated heterocycles. The van der Waals surface area contributed by atoms with Crippen LogP contribution in [0.2, 0.25) is 0 Å². The first-order valence-corrected chi connectivity index (χ1v) is 9.14. The van der Waals surface area contributed by atoms with Gasteiger partial charge in [0.25, 0.3) is 0 Å². The molecule has 0 saturated carbocycles. The monoisotopic (exact) mass is 370 g/mol. The molecule has 3 heterocycles. The van der Waals surface area contributed by atoms with E-state index in [-0.39, 0.29) is 17.9 Å². The average Bonchev–Trinajstić information content (AvgIpc) is 2.99. The van der Waals surface area contributed by atoms with Gasteiger partial charge in [-0.15, -0.1) is 0 Å². The van der Waals surface area contributed by atoms with E-state index in [4.69, 9.17) is 4.74 Å². The molecule has 0 radical (unpaired) electrons. The van der Waals surface area contributed by atoms with Gasteiger partial charge in [0.1, 0.15) is 5.82 Å². The number of hydrogen-bond acceptors (Lipinski definition) is 4. The second kappa shape index (κ2) is 7.52. The first-order valence-electron chi connectivity index (χ1n) is 9.14. The Bertz CT molecular complexity index is 814. The van der Waals surface area contributed by atoms with Gasteiger partial charge in [-0.2, -0.15) is 0 Å². The fourth-order valence-corrected chi connectivity index (χ4v) is 3.82. The fourth-order valence-electron chi connectivity index (χ4n) is 3.82. The summed E-state index contributed by atoms with van der Waals surface area (Å²) in [6.07, 6.45) is 0. The van der Waals surface area contributed by atoms with Gasteiger partial charge in [0.2, 0.25) is 5.88 Å². The predicted octanol–water partition coefficient (Wildman–Crippen LogP) is 2.35. The second-order valence-electron chi connectivity index (χ2n) is 7.04. The number of hydrogen-bond donors (Lipinski definition) is 0. The van der Waals surface area contributed by atoms with Crippen LogP contribution in [0.4, 0.5) is 9.18 Å². The number of piperazine rings is 1. The lowest BCUT2D eigenvalue weighted by molar-refractivity contribution is 0.115. The Labute approximate surface area is 158 Å². The van der Waals surface area contributed by atoms with Gasteiger partial charge < -0.3 is 14.5 Å². The molecule has 1 atom stereocenters. The molecule has 2 aliphatic rings. The van der Waals surface area contributed by atoms with Crippen LogP contribution < -0.4 is 4.74 Å². The van der Waals surface area contributed by atoms with Gasteiger partial charge in [-0.05, 0) is 23.8 Å². The third-order valence-electron chi connectivity index (χ3n) is 5.18. The maximum atomic E-state index is 13.1. The van der Waals surface area contributed by atoms with Crippen LogP contribution in [-0.2, 0) is 13.1 Å². The molecule has 0 N–H and O–H groups in total. The summed E-state index contributed by atoms with van der Waals surface area (Å²) in [5.74, 6) is 0.360. The molecule has 7 heteroatoms. The van der Waals surface area contributed by atoms with Crippen LogP contribution in [0.1, 0.15) is 11.3 Å². The largest absolute Gasteiger partial charge is 0.481 e. The molecule has 0 aliphatic carbocycles. The quantitative estimate of drug-likeness (QED) is 0.811. The van der Waals surface area contributed by atoms with Gasteiger partial charge in [0.05, 0.1) is 18.8 Å². The predicted molar refractivity (Wildman–Crippen MR) is 98.8 cm³/mol. The number of methoxy groups -OCH3 is 1. The number of pyridine rings is 1. The Morgan fingerprint density at radius 2 is 1.93 bits per heavy atom. The molecule has 4 rings (SSSR count). The van der Waals surface area contributed by atoms with Crippen LogP contribution in [0, 0.1) is 5.82 Å². The lowest BCUT2D eigenvalue weighted by Crippen LogP contribution is -2.51. The molecule has 0 bridgehead atoms. The normalized spacial score (nSPS) is 20.1. The highest BCUT2D eigenvalue weighted by molar-refractivity contribution is 5.77. The summed E-state index contributed by atoms with van der Waals surface area (Å²) in [6.45, 7) is 4.32. The van der Waals surface area contributed by atoms with E-state index >= 15 is 0 Å². The van der Waals surface area contributed by atoms with Crippen molar-refractivity contribution < 1.29 is 13.9 Å². The number of nitrogens with zero attached hydrogens (tertiary/aromatic N) is 4. The van der Waals surface area contributed by atoms with Gasteiger partial charge >= 0.3 is 6.03 Å². The number of aromatic nitrogens is 1. The van der Waals surface area contributed by atoms with Crippen molar-refractivity contribution in [3.8, 4) is 5.88 Å². The smallest absolute Gasteiger partial charge is 0.320 e. The number of ether oxygens (including phenoxy) is 1. The van der Waals surface area contributed by atoms with Crippen molar-refractivity contribution >= 4 is 6.03 Å². The van der Waals surface area contributed by atoms with Crippen LogP contribution in [0.5, 0.6) is 5.88 Å². The summed E-state index contributed by atoms with van der Waals surface area (Å²) >= 11 is 0. The van der Waals surface area contributed by atoms with Gasteiger partial charge in [0.15, 0.2) is 0 Å². The minimum Gasteiger partial charge on any atom is -0.481 e. The maximum Gasteiger partial charge on any atom is 0.320 e. The number of benzene rings is 1. The molecule has 27 heavy (non-hydrogen) atoms. The lowest BCUT2D eigenvalue weighted by atomic mass is 10.1. The molecule has 2 aliphatic heterocycles. The van der Waals surface area contributed by atoms with Crippen LogP contribution in [0.3, 0.4) is 0 Å². The summed E-state index contributed by atoms with van der Waals surface area (Å²) in [4.78, 5) is 23.3. The van der Waals surface area contributed by atoms with Crippen molar-refractivity contribution in [3.05, 3.63) is 59.5 Å². The molecule has 0 spiro atoms. The number of urea groups is 1. The van der Waals surface area contributed by atoms with Crippen LogP contribution >= 0.6 is 0 Å². The average molecular weight is 370 g/mol. The first-order chi connectivity index (χ1) is 13.1. The summed E-state index contributed by atoms with van der Waals surface area (Å²) < 4.78 is 18.3. The fraction of sp³-hybridized carbons (Fsp3) is 0.400.